The summed E-state index contributed by atoms with van der Waals surface area (Å²) < 4.78 is 17.9. The van der Waals surface area contributed by atoms with Gasteiger partial charge in [-0.2, -0.15) is 11.8 Å². The van der Waals surface area contributed by atoms with Crippen LogP contribution in [-0.4, -0.2) is 53.8 Å². The number of thioether (sulfide) groups is 1. The molecule has 0 spiro atoms. The first kappa shape index (κ1) is 20.8. The Balaban J connectivity index is 1.93. The minimum Gasteiger partial charge on any atom is -0.493 e. The van der Waals surface area contributed by atoms with Crippen LogP contribution in [0.1, 0.15) is 28.6 Å². The maximum Gasteiger partial charge on any atom is 0.252 e. The Morgan fingerprint density at radius 3 is 2.48 bits per heavy atom. The molecule has 0 fully saturated rings. The predicted molar refractivity (Wildman–Crippen MR) is 112 cm³/mol. The van der Waals surface area contributed by atoms with Crippen LogP contribution in [-0.2, 0) is 0 Å². The van der Waals surface area contributed by atoms with Crippen LogP contribution in [0.5, 0.6) is 17.2 Å². The lowest BCUT2D eigenvalue weighted by atomic mass is 10.1. The molecule has 3 rings (SSSR count). The molecule has 0 radical (unpaired) electrons. The van der Waals surface area contributed by atoms with Crippen molar-refractivity contribution in [1.29, 1.82) is 0 Å². The maximum absolute atomic E-state index is 13.1. The zero-order valence-corrected chi connectivity index (χ0v) is 17.7. The summed E-state index contributed by atoms with van der Waals surface area (Å²) in [6.45, 7) is 0. The number of nitrogens with zero attached hydrogens (tertiary/aromatic N) is 3. The monoisotopic (exact) mass is 416 g/mol. The van der Waals surface area contributed by atoms with E-state index in [4.69, 9.17) is 14.2 Å². The largest absolute Gasteiger partial charge is 0.493 e. The van der Waals surface area contributed by atoms with E-state index in [-0.39, 0.29) is 11.9 Å². The summed E-state index contributed by atoms with van der Waals surface area (Å²) in [6.07, 6.45) is 4.63. The van der Waals surface area contributed by atoms with Crippen LogP contribution in [0.25, 0.3) is 5.65 Å². The van der Waals surface area contributed by atoms with Gasteiger partial charge in [-0.1, -0.05) is 6.07 Å². The molecule has 0 aliphatic rings. The number of fused-ring (bicyclic) bond motifs is 1. The summed E-state index contributed by atoms with van der Waals surface area (Å²) in [5, 5.41) is 11.6. The van der Waals surface area contributed by atoms with Crippen LogP contribution in [0.15, 0.2) is 36.5 Å². The third-order valence-electron chi connectivity index (χ3n) is 4.49. The summed E-state index contributed by atoms with van der Waals surface area (Å²) in [5.74, 6) is 2.57. The van der Waals surface area contributed by atoms with Gasteiger partial charge < -0.3 is 19.5 Å². The van der Waals surface area contributed by atoms with Gasteiger partial charge in [0, 0.05) is 11.8 Å². The Hall–Kier alpha value is -2.94. The third-order valence-corrected chi connectivity index (χ3v) is 5.14. The van der Waals surface area contributed by atoms with Gasteiger partial charge in [0.15, 0.2) is 23.0 Å². The Morgan fingerprint density at radius 2 is 1.86 bits per heavy atom. The minimum absolute atomic E-state index is 0.261. The Labute approximate surface area is 173 Å². The standard InChI is InChI=1S/C20H24N4O4S/c1-26-15-11-13(12-16(27-2)18(15)28-3)20(25)21-14(8-10-29-4)19-23-22-17-7-5-6-9-24(17)19/h5-7,9,11-12,14H,8,10H2,1-4H3,(H,21,25). The third kappa shape index (κ3) is 4.40. The van der Waals surface area contributed by atoms with E-state index >= 15 is 0 Å². The first-order valence-corrected chi connectivity index (χ1v) is 10.4. The van der Waals surface area contributed by atoms with Crippen LogP contribution < -0.4 is 19.5 Å². The fourth-order valence-electron chi connectivity index (χ4n) is 3.05. The molecule has 1 atom stereocenters. The number of pyridine rings is 1. The maximum atomic E-state index is 13.1. The molecule has 0 saturated heterocycles. The molecule has 8 nitrogen and oxygen atoms in total. The summed E-state index contributed by atoms with van der Waals surface area (Å²) in [7, 11) is 4.56. The van der Waals surface area contributed by atoms with Crippen LogP contribution in [0.4, 0.5) is 0 Å². The number of nitrogens with one attached hydrogen (secondary N) is 1. The molecule has 1 unspecified atom stereocenters. The van der Waals surface area contributed by atoms with Gasteiger partial charge >= 0.3 is 0 Å². The second kappa shape index (κ2) is 9.51. The van der Waals surface area contributed by atoms with Crippen molar-refractivity contribution in [2.24, 2.45) is 0 Å². The van der Waals surface area contributed by atoms with Gasteiger partial charge in [-0.05, 0) is 42.7 Å². The number of carbonyl (C=O) groups is 1. The van der Waals surface area contributed by atoms with Crippen molar-refractivity contribution in [1.82, 2.24) is 19.9 Å². The minimum atomic E-state index is -0.300. The van der Waals surface area contributed by atoms with E-state index in [1.165, 1.54) is 21.3 Å². The highest BCUT2D eigenvalue weighted by molar-refractivity contribution is 7.98. The number of hydrogen-bond acceptors (Lipinski definition) is 7. The molecule has 0 bridgehead atoms. The Morgan fingerprint density at radius 1 is 1.14 bits per heavy atom. The number of methoxy groups -OCH3 is 3. The van der Waals surface area contributed by atoms with Crippen LogP contribution in [0.3, 0.4) is 0 Å². The summed E-state index contributed by atoms with van der Waals surface area (Å²) in [4.78, 5) is 13.1. The lowest BCUT2D eigenvalue weighted by molar-refractivity contribution is 0.0933. The first-order valence-electron chi connectivity index (χ1n) is 9.02. The fraction of sp³-hybridized carbons (Fsp3) is 0.350. The molecule has 3 aromatic rings. The topological polar surface area (TPSA) is 87.0 Å². The van der Waals surface area contributed by atoms with Crippen molar-refractivity contribution >= 4 is 23.3 Å². The van der Waals surface area contributed by atoms with Crippen LogP contribution >= 0.6 is 11.8 Å². The van der Waals surface area contributed by atoms with Gasteiger partial charge in [-0.3, -0.25) is 9.20 Å². The molecule has 1 N–H and O–H groups in total. The summed E-state index contributed by atoms with van der Waals surface area (Å²) in [5.41, 5.74) is 1.14. The fourth-order valence-corrected chi connectivity index (χ4v) is 3.52. The molecular weight excluding hydrogens is 392 g/mol. The summed E-state index contributed by atoms with van der Waals surface area (Å²) in [6, 6.07) is 8.65. The van der Waals surface area contributed by atoms with E-state index in [0.717, 1.165) is 11.4 Å². The van der Waals surface area contributed by atoms with Gasteiger partial charge in [-0.15, -0.1) is 10.2 Å². The van der Waals surface area contributed by atoms with E-state index in [1.807, 2.05) is 35.1 Å². The highest BCUT2D eigenvalue weighted by Gasteiger charge is 2.23. The molecule has 1 aromatic carbocycles. The predicted octanol–water partition coefficient (Wildman–Crippen LogP) is 2.98. The number of rotatable bonds is 9. The van der Waals surface area contributed by atoms with Gasteiger partial charge in [0.25, 0.3) is 5.91 Å². The van der Waals surface area contributed by atoms with Crippen molar-refractivity contribution in [3.05, 3.63) is 47.9 Å². The molecule has 0 aliphatic carbocycles. The number of hydrogen-bond donors (Lipinski definition) is 1. The van der Waals surface area contributed by atoms with E-state index in [0.29, 0.717) is 35.1 Å². The van der Waals surface area contributed by atoms with Crippen LogP contribution in [0.2, 0.25) is 0 Å². The quantitative estimate of drug-likeness (QED) is 0.574. The molecule has 0 aliphatic heterocycles. The van der Waals surface area contributed by atoms with Crippen molar-refractivity contribution in [3.8, 4) is 17.2 Å². The molecule has 1 amide bonds. The van der Waals surface area contributed by atoms with Crippen LogP contribution in [0, 0.1) is 0 Å². The average Bonchev–Trinajstić information content (AvgIpc) is 3.19. The number of amides is 1. The molecular formula is C20H24N4O4S. The van der Waals surface area contributed by atoms with E-state index in [2.05, 4.69) is 15.5 Å². The Bertz CT molecular complexity index is 967. The molecule has 154 valence electrons. The van der Waals surface area contributed by atoms with E-state index in [1.54, 1.807) is 23.9 Å². The number of ether oxygens (including phenoxy) is 3. The summed E-state index contributed by atoms with van der Waals surface area (Å²) >= 11 is 1.71. The van der Waals surface area contributed by atoms with Gasteiger partial charge in [0.05, 0.1) is 27.4 Å². The average molecular weight is 417 g/mol. The second-order valence-corrected chi connectivity index (χ2v) is 7.19. The number of benzene rings is 1. The molecule has 2 heterocycles. The van der Waals surface area contributed by atoms with Crippen molar-refractivity contribution in [2.75, 3.05) is 33.3 Å². The molecule has 9 heteroatoms. The van der Waals surface area contributed by atoms with Gasteiger partial charge in [0.1, 0.15) is 0 Å². The van der Waals surface area contributed by atoms with Crippen molar-refractivity contribution in [2.45, 2.75) is 12.5 Å². The van der Waals surface area contributed by atoms with Gasteiger partial charge in [-0.25, -0.2) is 0 Å². The lowest BCUT2D eigenvalue weighted by Crippen LogP contribution is -2.30. The van der Waals surface area contributed by atoms with Gasteiger partial charge in [0.2, 0.25) is 5.75 Å². The smallest absolute Gasteiger partial charge is 0.252 e. The molecule has 0 saturated carbocycles. The Kier molecular flexibility index (Phi) is 6.82. The molecule has 29 heavy (non-hydrogen) atoms. The number of aromatic nitrogens is 3. The highest BCUT2D eigenvalue weighted by atomic mass is 32.2. The SMILES string of the molecule is COc1cc(C(=O)NC(CCSC)c2nnc3ccccn23)cc(OC)c1OC. The first-order chi connectivity index (χ1) is 14.1. The second-order valence-electron chi connectivity index (χ2n) is 6.21. The zero-order valence-electron chi connectivity index (χ0n) is 16.8. The normalized spacial score (nSPS) is 11.9. The number of carbonyl (C=O) groups excluding carboxylic acids is 1. The van der Waals surface area contributed by atoms with E-state index in [9.17, 15) is 4.79 Å². The van der Waals surface area contributed by atoms with Crippen molar-refractivity contribution < 1.29 is 19.0 Å². The van der Waals surface area contributed by atoms with E-state index < -0.39 is 0 Å². The van der Waals surface area contributed by atoms with Crippen molar-refractivity contribution in [3.63, 3.8) is 0 Å². The lowest BCUT2D eigenvalue weighted by Gasteiger charge is -2.18. The molecule has 2 aromatic heterocycles. The zero-order chi connectivity index (χ0) is 20.8. The highest BCUT2D eigenvalue weighted by Crippen LogP contribution is 2.38.